The van der Waals surface area contributed by atoms with E-state index in [2.05, 4.69) is 13.5 Å². The number of ketones is 1. The number of benzene rings is 2. The second-order valence-corrected chi connectivity index (χ2v) is 9.01. The molecule has 0 amide bonds. The maximum Gasteiger partial charge on any atom is 0.303 e. The third-order valence-corrected chi connectivity index (χ3v) is 6.06. The Morgan fingerprint density at radius 1 is 0.951 bits per heavy atom. The summed E-state index contributed by atoms with van der Waals surface area (Å²) in [4.78, 5) is 24.1. The van der Waals surface area contributed by atoms with Crippen LogP contribution in [0.25, 0.3) is 0 Å². The van der Waals surface area contributed by atoms with Crippen molar-refractivity contribution in [3.8, 4) is 11.5 Å². The first-order valence-electron chi connectivity index (χ1n) is 14.5. The number of allylic oxidation sites excluding steroid dienone is 7. The molecule has 0 aliphatic carbocycles. The van der Waals surface area contributed by atoms with Gasteiger partial charge in [-0.2, -0.15) is 0 Å². The van der Waals surface area contributed by atoms with E-state index in [1.165, 1.54) is 0 Å². The molecule has 0 heterocycles. The first-order valence-corrected chi connectivity index (χ1v) is 14.5. The first-order chi connectivity index (χ1) is 19.7. The van der Waals surface area contributed by atoms with Gasteiger partial charge >= 0.3 is 5.97 Å². The largest absolute Gasteiger partial charge is 0.493 e. The Bertz CT molecular complexity index is 1180. The average Bonchev–Trinajstić information content (AvgIpc) is 2.98. The number of carbonyl (C=O) groups is 2. The minimum atomic E-state index is -0.802. The van der Waals surface area contributed by atoms with Crippen molar-refractivity contribution in [1.29, 1.82) is 0 Å². The minimum absolute atomic E-state index is 0.101. The summed E-state index contributed by atoms with van der Waals surface area (Å²) in [6, 6.07) is 11.4. The Kier molecular flexibility index (Phi) is 19.8. The first kappa shape index (κ1) is 37.1. The van der Waals surface area contributed by atoms with E-state index in [1.807, 2.05) is 109 Å². The summed E-state index contributed by atoms with van der Waals surface area (Å²) in [6.45, 7) is 20.5. The highest BCUT2D eigenvalue weighted by molar-refractivity contribution is 6.12. The Morgan fingerprint density at radius 3 is 2.15 bits per heavy atom. The quantitative estimate of drug-likeness (QED) is 0.0816. The fraction of sp³-hybridized carbons (Fsp3) is 0.389. The minimum Gasteiger partial charge on any atom is -0.493 e. The van der Waals surface area contributed by atoms with Crippen molar-refractivity contribution in [3.63, 3.8) is 0 Å². The van der Waals surface area contributed by atoms with Crippen LogP contribution in [0, 0.1) is 6.92 Å². The third kappa shape index (κ3) is 13.9. The van der Waals surface area contributed by atoms with Crippen molar-refractivity contribution >= 4 is 11.8 Å². The van der Waals surface area contributed by atoms with E-state index in [9.17, 15) is 9.59 Å². The number of carboxylic acid groups (broad SMARTS) is 1. The van der Waals surface area contributed by atoms with Crippen LogP contribution in [0.2, 0.25) is 0 Å². The second-order valence-electron chi connectivity index (χ2n) is 9.01. The monoisotopic (exact) mass is 562 g/mol. The van der Waals surface area contributed by atoms with E-state index in [-0.39, 0.29) is 12.2 Å². The van der Waals surface area contributed by atoms with Gasteiger partial charge in [0.1, 0.15) is 11.5 Å². The molecule has 1 N–H and O–H groups in total. The molecule has 0 atom stereocenters. The number of hydrogen-bond acceptors (Lipinski definition) is 4. The predicted octanol–water partition coefficient (Wildman–Crippen LogP) is 9.29. The van der Waals surface area contributed by atoms with E-state index in [1.54, 1.807) is 6.08 Å². The number of aliphatic carboxylic acids is 1. The smallest absolute Gasteiger partial charge is 0.303 e. The van der Waals surface area contributed by atoms with E-state index in [4.69, 9.17) is 14.6 Å². The van der Waals surface area contributed by atoms with Crippen molar-refractivity contribution < 1.29 is 24.2 Å². The molecular formula is C36H50O5. The van der Waals surface area contributed by atoms with Crippen LogP contribution in [0.1, 0.15) is 88.4 Å². The fourth-order valence-electron chi connectivity index (χ4n) is 3.73. The van der Waals surface area contributed by atoms with Crippen LogP contribution in [-0.4, -0.2) is 30.1 Å². The molecule has 0 unspecified atom stereocenters. The van der Waals surface area contributed by atoms with E-state index in [0.717, 1.165) is 34.4 Å². The van der Waals surface area contributed by atoms with Crippen LogP contribution in [0.5, 0.6) is 11.5 Å². The molecule has 0 bridgehead atoms. The number of rotatable bonds is 14. The van der Waals surface area contributed by atoms with Gasteiger partial charge in [-0.05, 0) is 94.0 Å². The molecule has 41 heavy (non-hydrogen) atoms. The van der Waals surface area contributed by atoms with Gasteiger partial charge in [0.25, 0.3) is 0 Å². The van der Waals surface area contributed by atoms with Gasteiger partial charge in [0.2, 0.25) is 0 Å². The molecule has 0 saturated heterocycles. The van der Waals surface area contributed by atoms with E-state index in [0.29, 0.717) is 42.9 Å². The average molecular weight is 563 g/mol. The van der Waals surface area contributed by atoms with E-state index < -0.39 is 5.97 Å². The Morgan fingerprint density at radius 2 is 1.61 bits per heavy atom. The van der Waals surface area contributed by atoms with E-state index >= 15 is 0 Å². The summed E-state index contributed by atoms with van der Waals surface area (Å²) >= 11 is 0. The molecule has 0 aliphatic heterocycles. The summed E-state index contributed by atoms with van der Waals surface area (Å²) in [5.41, 5.74) is 5.05. The van der Waals surface area contributed by atoms with Crippen LogP contribution in [0.15, 0.2) is 84.5 Å². The Hall–Kier alpha value is -3.86. The van der Waals surface area contributed by atoms with Gasteiger partial charge in [-0.25, -0.2) is 0 Å². The van der Waals surface area contributed by atoms with Gasteiger partial charge < -0.3 is 14.6 Å². The summed E-state index contributed by atoms with van der Waals surface area (Å²) < 4.78 is 11.8. The van der Waals surface area contributed by atoms with Gasteiger partial charge in [0.05, 0.1) is 18.8 Å². The van der Waals surface area contributed by atoms with Crippen molar-refractivity contribution in [2.45, 2.75) is 81.1 Å². The maximum atomic E-state index is 13.3. The summed E-state index contributed by atoms with van der Waals surface area (Å²) in [7, 11) is 0. The Labute approximate surface area is 248 Å². The molecule has 2 rings (SSSR count). The number of ether oxygens (including phenoxy) is 2. The molecule has 0 fully saturated rings. The molecule has 2 aromatic carbocycles. The summed E-state index contributed by atoms with van der Waals surface area (Å²) in [6.07, 6.45) is 11.5. The lowest BCUT2D eigenvalue weighted by molar-refractivity contribution is -0.136. The molecule has 0 aromatic heterocycles. The van der Waals surface area contributed by atoms with Crippen molar-refractivity contribution in [3.05, 3.63) is 107 Å². The predicted molar refractivity (Wildman–Crippen MR) is 172 cm³/mol. The van der Waals surface area contributed by atoms with Crippen molar-refractivity contribution in [2.75, 3.05) is 13.2 Å². The van der Waals surface area contributed by atoms with Crippen LogP contribution >= 0.6 is 0 Å². The van der Waals surface area contributed by atoms with Gasteiger partial charge in [0.15, 0.2) is 5.78 Å². The number of aryl methyl sites for hydroxylation is 3. The second kappa shape index (κ2) is 21.9. The molecule has 2 aromatic rings. The lowest BCUT2D eigenvalue weighted by Crippen LogP contribution is -2.10. The Balaban J connectivity index is 0.00000244. The highest BCUT2D eigenvalue weighted by atomic mass is 16.5. The van der Waals surface area contributed by atoms with Crippen molar-refractivity contribution in [2.24, 2.45) is 0 Å². The zero-order valence-corrected chi connectivity index (χ0v) is 26.4. The van der Waals surface area contributed by atoms with Crippen LogP contribution in [0.4, 0.5) is 0 Å². The van der Waals surface area contributed by atoms with Gasteiger partial charge in [-0.1, -0.05) is 69.9 Å². The number of carbonyl (C=O) groups excluding carboxylic acids is 1. The van der Waals surface area contributed by atoms with Gasteiger partial charge in [-0.3, -0.25) is 9.59 Å². The number of Topliss-reactive ketones (excluding diaryl/α,β-unsaturated/α-hetero) is 1. The molecule has 5 nitrogen and oxygen atoms in total. The van der Waals surface area contributed by atoms with Crippen LogP contribution < -0.4 is 9.47 Å². The SMILES string of the molecule is C/C=C\C.C=C/C(C(=O)c1cc(CC)ccc1OCCCOc1ccc(CCC(=O)O)c(C)c1)=C(C)\C=C/C.CC. The van der Waals surface area contributed by atoms with Crippen LogP contribution in [-0.2, 0) is 17.6 Å². The normalized spacial score (nSPS) is 11.1. The lowest BCUT2D eigenvalue weighted by Gasteiger charge is -2.14. The summed E-state index contributed by atoms with van der Waals surface area (Å²) in [5.74, 6) is 0.391. The van der Waals surface area contributed by atoms with Crippen molar-refractivity contribution in [1.82, 2.24) is 0 Å². The third-order valence-electron chi connectivity index (χ3n) is 6.06. The van der Waals surface area contributed by atoms with Gasteiger partial charge in [0, 0.05) is 18.4 Å². The zero-order chi connectivity index (χ0) is 31.2. The molecule has 0 radical (unpaired) electrons. The van der Waals surface area contributed by atoms with Gasteiger partial charge in [-0.15, -0.1) is 0 Å². The number of hydrogen-bond donors (Lipinski definition) is 1. The lowest BCUT2D eigenvalue weighted by atomic mass is 9.96. The highest BCUT2D eigenvalue weighted by Gasteiger charge is 2.17. The molecule has 5 heteroatoms. The zero-order valence-electron chi connectivity index (χ0n) is 26.4. The molecule has 0 spiro atoms. The maximum absolute atomic E-state index is 13.3. The highest BCUT2D eigenvalue weighted by Crippen LogP contribution is 2.26. The number of carboxylic acids is 1. The molecule has 0 saturated carbocycles. The van der Waals surface area contributed by atoms with Crippen LogP contribution in [0.3, 0.4) is 0 Å². The fourth-order valence-corrected chi connectivity index (χ4v) is 3.73. The topological polar surface area (TPSA) is 72.8 Å². The molecular weight excluding hydrogens is 512 g/mol. The standard InChI is InChI=1S/C30H36O5.C4H8.C2H6/c1-6-10-21(4)26(8-3)30(33)27-20-23(7-2)11-15-28(27)35-18-9-17-34-25-14-12-24(22(5)19-25)13-16-29(31)32;1-3-4-2;1-2/h6,8,10-12,14-15,19-20H,3,7,9,13,16-18H2,1-2,4-5H3,(H,31,32);3-4H,1-2H3;1-2H3/b10-6-,26-21+;4-3-;. The molecule has 224 valence electrons. The molecule has 0 aliphatic rings. The summed E-state index contributed by atoms with van der Waals surface area (Å²) in [5, 5.41) is 8.86.